The Kier molecular flexibility index (Phi) is 4.72. The van der Waals surface area contributed by atoms with E-state index in [0.717, 1.165) is 21.2 Å². The molecule has 0 aliphatic heterocycles. The first-order valence-electron chi connectivity index (χ1n) is 7.77. The van der Waals surface area contributed by atoms with E-state index in [1.54, 1.807) is 0 Å². The highest BCUT2D eigenvalue weighted by atomic mass is 32.1. The number of anilines is 1. The number of hydrogen-bond acceptors (Lipinski definition) is 4. The van der Waals surface area contributed by atoms with Gasteiger partial charge in [-0.1, -0.05) is 30.3 Å². The Hall–Kier alpha value is -2.86. The molecule has 1 heterocycles. The zero-order valence-electron chi connectivity index (χ0n) is 14.0. The monoisotopic (exact) mass is 354 g/mol. The lowest BCUT2D eigenvalue weighted by atomic mass is 10.1. The van der Waals surface area contributed by atoms with E-state index >= 15 is 0 Å². The van der Waals surface area contributed by atoms with Crippen LogP contribution in [0, 0.1) is 13.8 Å². The van der Waals surface area contributed by atoms with Crippen LogP contribution in [-0.2, 0) is 4.79 Å². The van der Waals surface area contributed by atoms with Gasteiger partial charge in [0.1, 0.15) is 10.8 Å². The maximum atomic E-state index is 12.2. The fourth-order valence-electron chi connectivity index (χ4n) is 2.58. The number of rotatable bonds is 5. The maximum absolute atomic E-state index is 12.2. The van der Waals surface area contributed by atoms with Crippen molar-refractivity contribution in [2.75, 3.05) is 11.9 Å². The van der Waals surface area contributed by atoms with Gasteiger partial charge in [-0.05, 0) is 42.3 Å². The lowest BCUT2D eigenvalue weighted by Crippen LogP contribution is -2.22. The van der Waals surface area contributed by atoms with Gasteiger partial charge in [-0.2, -0.15) is 0 Å². The Morgan fingerprint density at radius 3 is 2.56 bits per heavy atom. The smallest absolute Gasteiger partial charge is 0.262 e. The molecule has 6 heteroatoms. The number of thiophene rings is 1. The van der Waals surface area contributed by atoms with Crippen molar-refractivity contribution in [2.24, 2.45) is 5.73 Å². The van der Waals surface area contributed by atoms with Gasteiger partial charge in [-0.25, -0.2) is 0 Å². The quantitative estimate of drug-likeness (QED) is 0.734. The Morgan fingerprint density at radius 2 is 1.84 bits per heavy atom. The Bertz CT molecular complexity index is 962. The average Bonchev–Trinajstić information content (AvgIpc) is 2.86. The van der Waals surface area contributed by atoms with Crippen LogP contribution in [0.5, 0.6) is 5.75 Å². The van der Waals surface area contributed by atoms with Gasteiger partial charge in [-0.3, -0.25) is 9.59 Å². The van der Waals surface area contributed by atoms with Crippen LogP contribution in [0.4, 0.5) is 5.00 Å². The number of carbonyl (C=O) groups is 2. The normalized spacial score (nSPS) is 10.6. The minimum absolute atomic E-state index is 0.146. The van der Waals surface area contributed by atoms with Gasteiger partial charge in [-0.15, -0.1) is 11.3 Å². The second-order valence-corrected chi connectivity index (χ2v) is 6.92. The number of amides is 2. The fraction of sp³-hybridized carbons (Fsp3) is 0.158. The van der Waals surface area contributed by atoms with Gasteiger partial charge < -0.3 is 15.8 Å². The Balaban J connectivity index is 1.68. The third-order valence-corrected chi connectivity index (χ3v) is 5.10. The molecule has 0 spiro atoms. The van der Waals surface area contributed by atoms with Gasteiger partial charge in [0.15, 0.2) is 6.61 Å². The molecule has 0 bridgehead atoms. The van der Waals surface area contributed by atoms with Crippen LogP contribution in [0.15, 0.2) is 42.5 Å². The standard InChI is InChI=1S/C19H18N2O3S/c1-11-12(2)25-19(17(11)18(20)23)21-16(22)10-24-15-8-7-13-5-3-4-6-14(13)9-15/h3-9H,10H2,1-2H3,(H2,20,23)(H,21,22). The summed E-state index contributed by atoms with van der Waals surface area (Å²) in [5.41, 5.74) is 6.56. The number of carbonyl (C=O) groups excluding carboxylic acids is 2. The zero-order chi connectivity index (χ0) is 18.0. The van der Waals surface area contributed by atoms with Crippen molar-refractivity contribution >= 4 is 38.9 Å². The van der Waals surface area contributed by atoms with E-state index in [4.69, 9.17) is 10.5 Å². The highest BCUT2D eigenvalue weighted by molar-refractivity contribution is 7.16. The van der Waals surface area contributed by atoms with Gasteiger partial charge in [0.2, 0.25) is 0 Å². The van der Waals surface area contributed by atoms with E-state index in [9.17, 15) is 9.59 Å². The summed E-state index contributed by atoms with van der Waals surface area (Å²) in [7, 11) is 0. The van der Waals surface area contributed by atoms with E-state index in [1.165, 1.54) is 11.3 Å². The topological polar surface area (TPSA) is 81.4 Å². The lowest BCUT2D eigenvalue weighted by Gasteiger charge is -2.08. The molecular formula is C19H18N2O3S. The van der Waals surface area contributed by atoms with Crippen molar-refractivity contribution in [3.63, 3.8) is 0 Å². The van der Waals surface area contributed by atoms with Crippen molar-refractivity contribution < 1.29 is 14.3 Å². The van der Waals surface area contributed by atoms with Crippen LogP contribution < -0.4 is 15.8 Å². The third-order valence-electron chi connectivity index (χ3n) is 3.98. The van der Waals surface area contributed by atoms with Crippen LogP contribution in [-0.4, -0.2) is 18.4 Å². The SMILES string of the molecule is Cc1sc(NC(=O)COc2ccc3ccccc3c2)c(C(N)=O)c1C. The van der Waals surface area contributed by atoms with Crippen LogP contribution in [0.3, 0.4) is 0 Å². The van der Waals surface area contributed by atoms with Gasteiger partial charge in [0.25, 0.3) is 11.8 Å². The van der Waals surface area contributed by atoms with E-state index in [2.05, 4.69) is 5.32 Å². The molecular weight excluding hydrogens is 336 g/mol. The van der Waals surface area contributed by atoms with Crippen LogP contribution in [0.1, 0.15) is 20.8 Å². The first kappa shape index (κ1) is 17.0. The molecule has 0 unspecified atom stereocenters. The van der Waals surface area contributed by atoms with Gasteiger partial charge in [0, 0.05) is 4.88 Å². The van der Waals surface area contributed by atoms with Crippen LogP contribution in [0.25, 0.3) is 10.8 Å². The van der Waals surface area contributed by atoms with E-state index in [0.29, 0.717) is 16.3 Å². The molecule has 0 radical (unpaired) electrons. The summed E-state index contributed by atoms with van der Waals surface area (Å²) in [5.74, 6) is -0.271. The summed E-state index contributed by atoms with van der Waals surface area (Å²) >= 11 is 1.33. The second-order valence-electron chi connectivity index (χ2n) is 5.70. The first-order chi connectivity index (χ1) is 12.0. The van der Waals surface area contributed by atoms with Crippen LogP contribution in [0.2, 0.25) is 0 Å². The largest absolute Gasteiger partial charge is 0.484 e. The molecule has 0 atom stereocenters. The van der Waals surface area contributed by atoms with Gasteiger partial charge in [0.05, 0.1) is 5.56 Å². The molecule has 2 amide bonds. The molecule has 3 N–H and O–H groups in total. The average molecular weight is 354 g/mol. The second kappa shape index (κ2) is 6.94. The fourth-order valence-corrected chi connectivity index (χ4v) is 3.66. The predicted octanol–water partition coefficient (Wildman–Crippen LogP) is 3.63. The minimum Gasteiger partial charge on any atom is -0.484 e. The van der Waals surface area contributed by atoms with E-state index in [1.807, 2.05) is 56.3 Å². The highest BCUT2D eigenvalue weighted by Gasteiger charge is 2.19. The Morgan fingerprint density at radius 1 is 1.12 bits per heavy atom. The Labute approximate surface area is 149 Å². The van der Waals surface area contributed by atoms with Crippen molar-refractivity contribution in [1.29, 1.82) is 0 Å². The van der Waals surface area contributed by atoms with Crippen molar-refractivity contribution in [2.45, 2.75) is 13.8 Å². The highest BCUT2D eigenvalue weighted by Crippen LogP contribution is 2.32. The zero-order valence-corrected chi connectivity index (χ0v) is 14.8. The number of nitrogens with one attached hydrogen (secondary N) is 1. The lowest BCUT2D eigenvalue weighted by molar-refractivity contribution is -0.118. The summed E-state index contributed by atoms with van der Waals surface area (Å²) < 4.78 is 5.56. The number of benzene rings is 2. The molecule has 1 aromatic heterocycles. The minimum atomic E-state index is -0.549. The van der Waals surface area contributed by atoms with Crippen molar-refractivity contribution in [3.8, 4) is 5.75 Å². The predicted molar refractivity (Wildman–Crippen MR) is 100 cm³/mol. The number of hydrogen-bond donors (Lipinski definition) is 2. The summed E-state index contributed by atoms with van der Waals surface area (Å²) in [5, 5.41) is 5.33. The molecule has 0 saturated heterocycles. The van der Waals surface area contributed by atoms with Gasteiger partial charge >= 0.3 is 0 Å². The number of ether oxygens (including phenoxy) is 1. The summed E-state index contributed by atoms with van der Waals surface area (Å²) in [4.78, 5) is 24.7. The molecule has 3 rings (SSSR count). The molecule has 0 aliphatic carbocycles. The maximum Gasteiger partial charge on any atom is 0.262 e. The molecule has 0 aliphatic rings. The number of aryl methyl sites for hydroxylation is 1. The third kappa shape index (κ3) is 3.64. The number of fused-ring (bicyclic) bond motifs is 1. The van der Waals surface area contributed by atoms with Crippen LogP contribution >= 0.6 is 11.3 Å². The van der Waals surface area contributed by atoms with Crippen molar-refractivity contribution in [1.82, 2.24) is 0 Å². The van der Waals surface area contributed by atoms with E-state index < -0.39 is 5.91 Å². The first-order valence-corrected chi connectivity index (χ1v) is 8.58. The molecule has 0 saturated carbocycles. The molecule has 5 nitrogen and oxygen atoms in total. The summed E-state index contributed by atoms with van der Waals surface area (Å²) in [6, 6.07) is 13.6. The molecule has 128 valence electrons. The molecule has 2 aromatic carbocycles. The number of primary amides is 1. The molecule has 25 heavy (non-hydrogen) atoms. The van der Waals surface area contributed by atoms with Crippen molar-refractivity contribution in [3.05, 3.63) is 58.5 Å². The summed E-state index contributed by atoms with van der Waals surface area (Å²) in [6.07, 6.45) is 0. The summed E-state index contributed by atoms with van der Waals surface area (Å²) in [6.45, 7) is 3.55. The molecule has 3 aromatic rings. The van der Waals surface area contributed by atoms with E-state index in [-0.39, 0.29) is 12.5 Å². The number of nitrogens with two attached hydrogens (primary N) is 1. The molecule has 0 fully saturated rings.